The Labute approximate surface area is 129 Å². The molecule has 5 heteroatoms. The highest BCUT2D eigenvalue weighted by molar-refractivity contribution is 9.10. The second kappa shape index (κ2) is 6.42. The van der Waals surface area contributed by atoms with Gasteiger partial charge in [-0.2, -0.15) is 0 Å². The van der Waals surface area contributed by atoms with E-state index in [9.17, 15) is 4.79 Å². The molecule has 2 rings (SSSR count). The van der Waals surface area contributed by atoms with Gasteiger partial charge >= 0.3 is 0 Å². The maximum atomic E-state index is 11.9. The van der Waals surface area contributed by atoms with Crippen LogP contribution in [0, 0.1) is 0 Å². The summed E-state index contributed by atoms with van der Waals surface area (Å²) in [5.74, 6) is -0.120. The third kappa shape index (κ3) is 4.23. The lowest BCUT2D eigenvalue weighted by atomic mass is 10.1. The standard InChI is InChI=1S/C14H10BrCl2NO/c15-12-5-4-11(17)8-13(12)18-14(19)7-9-2-1-3-10(16)6-9/h1-6,8H,7H2,(H,18,19). The Kier molecular flexibility index (Phi) is 4.86. The molecular weight excluding hydrogens is 349 g/mol. The molecule has 0 saturated heterocycles. The van der Waals surface area contributed by atoms with Gasteiger partial charge in [-0.05, 0) is 51.8 Å². The molecule has 0 aliphatic rings. The number of hydrogen-bond acceptors (Lipinski definition) is 1. The minimum absolute atomic E-state index is 0.120. The van der Waals surface area contributed by atoms with Crippen LogP contribution in [-0.2, 0) is 11.2 Å². The van der Waals surface area contributed by atoms with E-state index in [4.69, 9.17) is 23.2 Å². The first kappa shape index (κ1) is 14.4. The average Bonchev–Trinajstić information content (AvgIpc) is 2.34. The molecule has 1 N–H and O–H groups in total. The van der Waals surface area contributed by atoms with Gasteiger partial charge in [0.15, 0.2) is 0 Å². The molecule has 0 saturated carbocycles. The minimum atomic E-state index is -0.120. The molecule has 2 nitrogen and oxygen atoms in total. The van der Waals surface area contributed by atoms with Gasteiger partial charge in [0, 0.05) is 14.5 Å². The number of benzene rings is 2. The highest BCUT2D eigenvalue weighted by Gasteiger charge is 2.07. The van der Waals surface area contributed by atoms with Crippen LogP contribution in [0.25, 0.3) is 0 Å². The van der Waals surface area contributed by atoms with Crippen LogP contribution in [-0.4, -0.2) is 5.91 Å². The Morgan fingerprint density at radius 3 is 2.58 bits per heavy atom. The number of rotatable bonds is 3. The Morgan fingerprint density at radius 2 is 1.84 bits per heavy atom. The predicted octanol–water partition coefficient (Wildman–Crippen LogP) is 4.94. The average molecular weight is 359 g/mol. The van der Waals surface area contributed by atoms with Gasteiger partial charge in [0.1, 0.15) is 0 Å². The lowest BCUT2D eigenvalue weighted by Gasteiger charge is -2.08. The summed E-state index contributed by atoms with van der Waals surface area (Å²) in [5, 5.41) is 4.00. The highest BCUT2D eigenvalue weighted by atomic mass is 79.9. The molecular formula is C14H10BrCl2NO. The SMILES string of the molecule is O=C(Cc1cccc(Cl)c1)Nc1cc(Cl)ccc1Br. The first-order valence-electron chi connectivity index (χ1n) is 5.54. The molecule has 0 aliphatic heterocycles. The van der Waals surface area contributed by atoms with Crippen molar-refractivity contribution in [1.82, 2.24) is 0 Å². The molecule has 0 atom stereocenters. The van der Waals surface area contributed by atoms with E-state index >= 15 is 0 Å². The van der Waals surface area contributed by atoms with Gasteiger partial charge in [-0.15, -0.1) is 0 Å². The van der Waals surface area contributed by atoms with Crippen LogP contribution in [0.3, 0.4) is 0 Å². The Hall–Kier alpha value is -1.03. The lowest BCUT2D eigenvalue weighted by molar-refractivity contribution is -0.115. The predicted molar refractivity (Wildman–Crippen MR) is 82.9 cm³/mol. The highest BCUT2D eigenvalue weighted by Crippen LogP contribution is 2.26. The van der Waals surface area contributed by atoms with Gasteiger partial charge in [0.2, 0.25) is 5.91 Å². The summed E-state index contributed by atoms with van der Waals surface area (Å²) >= 11 is 15.1. The van der Waals surface area contributed by atoms with Crippen LogP contribution >= 0.6 is 39.1 Å². The molecule has 0 unspecified atom stereocenters. The van der Waals surface area contributed by atoms with E-state index in [1.165, 1.54) is 0 Å². The van der Waals surface area contributed by atoms with Crippen molar-refractivity contribution in [3.63, 3.8) is 0 Å². The largest absolute Gasteiger partial charge is 0.325 e. The quantitative estimate of drug-likeness (QED) is 0.827. The molecule has 0 spiro atoms. The minimum Gasteiger partial charge on any atom is -0.325 e. The molecule has 0 aliphatic carbocycles. The summed E-state index contributed by atoms with van der Waals surface area (Å²) in [6.45, 7) is 0. The zero-order chi connectivity index (χ0) is 13.8. The maximum absolute atomic E-state index is 11.9. The van der Waals surface area contributed by atoms with E-state index in [2.05, 4.69) is 21.2 Å². The molecule has 0 radical (unpaired) electrons. The van der Waals surface area contributed by atoms with Crippen molar-refractivity contribution < 1.29 is 4.79 Å². The topological polar surface area (TPSA) is 29.1 Å². The van der Waals surface area contributed by atoms with Crippen LogP contribution in [0.2, 0.25) is 10.0 Å². The lowest BCUT2D eigenvalue weighted by Crippen LogP contribution is -2.14. The number of anilines is 1. The van der Waals surface area contributed by atoms with Crippen molar-refractivity contribution in [3.8, 4) is 0 Å². The summed E-state index contributed by atoms with van der Waals surface area (Å²) in [5.41, 5.74) is 1.52. The fraction of sp³-hybridized carbons (Fsp3) is 0.0714. The Morgan fingerprint density at radius 1 is 1.11 bits per heavy atom. The molecule has 0 fully saturated rings. The normalized spacial score (nSPS) is 10.3. The maximum Gasteiger partial charge on any atom is 0.228 e. The number of halogens is 3. The van der Waals surface area contributed by atoms with Crippen LogP contribution in [0.15, 0.2) is 46.9 Å². The molecule has 0 heterocycles. The van der Waals surface area contributed by atoms with Gasteiger partial charge in [0.05, 0.1) is 12.1 Å². The van der Waals surface area contributed by atoms with Crippen LogP contribution in [0.5, 0.6) is 0 Å². The van der Waals surface area contributed by atoms with E-state index in [1.54, 1.807) is 30.3 Å². The van der Waals surface area contributed by atoms with Crippen LogP contribution in [0.4, 0.5) is 5.69 Å². The fourth-order valence-electron chi connectivity index (χ4n) is 1.62. The summed E-state index contributed by atoms with van der Waals surface area (Å²) in [4.78, 5) is 11.9. The van der Waals surface area contributed by atoms with Gasteiger partial charge in [-0.3, -0.25) is 4.79 Å². The number of hydrogen-bond donors (Lipinski definition) is 1. The first-order valence-corrected chi connectivity index (χ1v) is 7.09. The van der Waals surface area contributed by atoms with Gasteiger partial charge in [0.25, 0.3) is 0 Å². The van der Waals surface area contributed by atoms with Crippen molar-refractivity contribution in [3.05, 3.63) is 62.5 Å². The van der Waals surface area contributed by atoms with Crippen molar-refractivity contribution in [2.24, 2.45) is 0 Å². The third-order valence-corrected chi connectivity index (χ3v) is 3.62. The summed E-state index contributed by atoms with van der Waals surface area (Å²) < 4.78 is 0.788. The Balaban J connectivity index is 2.07. The zero-order valence-corrected chi connectivity index (χ0v) is 12.9. The van der Waals surface area contributed by atoms with Crippen molar-refractivity contribution in [2.45, 2.75) is 6.42 Å². The van der Waals surface area contributed by atoms with E-state index in [0.717, 1.165) is 10.0 Å². The molecule has 98 valence electrons. The summed E-state index contributed by atoms with van der Waals surface area (Å²) in [6, 6.07) is 12.5. The second-order valence-corrected chi connectivity index (χ2v) is 5.71. The number of carbonyl (C=O) groups excluding carboxylic acids is 1. The van der Waals surface area contributed by atoms with Crippen LogP contribution in [0.1, 0.15) is 5.56 Å². The molecule has 1 amide bonds. The monoisotopic (exact) mass is 357 g/mol. The van der Waals surface area contributed by atoms with Crippen molar-refractivity contribution >= 4 is 50.7 Å². The van der Waals surface area contributed by atoms with Crippen molar-refractivity contribution in [1.29, 1.82) is 0 Å². The number of carbonyl (C=O) groups is 1. The molecule has 0 bridgehead atoms. The molecule has 0 aromatic heterocycles. The van der Waals surface area contributed by atoms with Crippen molar-refractivity contribution in [2.75, 3.05) is 5.32 Å². The van der Waals surface area contributed by atoms with E-state index in [1.807, 2.05) is 12.1 Å². The zero-order valence-electron chi connectivity index (χ0n) is 9.79. The smallest absolute Gasteiger partial charge is 0.228 e. The number of nitrogens with one attached hydrogen (secondary N) is 1. The van der Waals surface area contributed by atoms with E-state index < -0.39 is 0 Å². The fourth-order valence-corrected chi connectivity index (χ4v) is 2.35. The van der Waals surface area contributed by atoms with E-state index in [0.29, 0.717) is 15.7 Å². The first-order chi connectivity index (χ1) is 9.04. The van der Waals surface area contributed by atoms with Gasteiger partial charge in [-0.25, -0.2) is 0 Å². The Bertz CT molecular complexity index is 616. The second-order valence-electron chi connectivity index (χ2n) is 3.98. The molecule has 2 aromatic rings. The van der Waals surface area contributed by atoms with Gasteiger partial charge < -0.3 is 5.32 Å². The summed E-state index contributed by atoms with van der Waals surface area (Å²) in [7, 11) is 0. The molecule has 2 aromatic carbocycles. The van der Waals surface area contributed by atoms with E-state index in [-0.39, 0.29) is 12.3 Å². The molecule has 19 heavy (non-hydrogen) atoms. The van der Waals surface area contributed by atoms with Crippen LogP contribution < -0.4 is 5.32 Å². The third-order valence-electron chi connectivity index (χ3n) is 2.46. The van der Waals surface area contributed by atoms with Gasteiger partial charge in [-0.1, -0.05) is 35.3 Å². The summed E-state index contributed by atoms with van der Waals surface area (Å²) in [6.07, 6.45) is 0.263. The number of amides is 1.